The zero-order valence-corrected chi connectivity index (χ0v) is 10.9. The summed E-state index contributed by atoms with van der Waals surface area (Å²) in [6, 6.07) is 4.91. The first-order valence-electron chi connectivity index (χ1n) is 5.90. The molecule has 1 aromatic rings. The third-order valence-corrected chi connectivity index (χ3v) is 3.18. The van der Waals surface area contributed by atoms with E-state index in [1.165, 1.54) is 6.07 Å². The Morgan fingerprint density at radius 2 is 2.00 bits per heavy atom. The van der Waals surface area contributed by atoms with Crippen molar-refractivity contribution in [1.82, 2.24) is 0 Å². The molecule has 1 unspecified atom stereocenters. The first-order chi connectivity index (χ1) is 7.91. The molecule has 1 rings (SSSR count). The van der Waals surface area contributed by atoms with Crippen molar-refractivity contribution in [3.8, 4) is 0 Å². The summed E-state index contributed by atoms with van der Waals surface area (Å²) in [7, 11) is 0. The minimum absolute atomic E-state index is 0.135. The summed E-state index contributed by atoms with van der Waals surface area (Å²) in [5.74, 6) is 1.13. The van der Waals surface area contributed by atoms with E-state index < -0.39 is 0 Å². The fraction of sp³-hybridized carbons (Fsp3) is 0.538. The summed E-state index contributed by atoms with van der Waals surface area (Å²) in [6.45, 7) is 9.30. The van der Waals surface area contributed by atoms with Crippen molar-refractivity contribution in [1.29, 1.82) is 0 Å². The van der Waals surface area contributed by atoms with Gasteiger partial charge < -0.3 is 5.32 Å². The van der Waals surface area contributed by atoms with Crippen molar-refractivity contribution >= 4 is 11.4 Å². The quantitative estimate of drug-likeness (QED) is 0.627. The number of nitrogens with one attached hydrogen (secondary N) is 1. The monoisotopic (exact) mass is 236 g/mol. The van der Waals surface area contributed by atoms with Gasteiger partial charge in [-0.15, -0.1) is 0 Å². The Balaban J connectivity index is 2.76. The standard InChI is InChI=1S/C13H20N2O2/c1-9(2)11(4)8-14-13-7-12(15(16)17)6-5-10(13)3/h5-7,9,11,14H,8H2,1-4H3. The molecule has 0 fully saturated rings. The van der Waals surface area contributed by atoms with E-state index in [4.69, 9.17) is 0 Å². The summed E-state index contributed by atoms with van der Waals surface area (Å²) in [5, 5.41) is 14.0. The number of nitro benzene ring substituents is 1. The summed E-state index contributed by atoms with van der Waals surface area (Å²) >= 11 is 0. The van der Waals surface area contributed by atoms with Crippen molar-refractivity contribution in [3.63, 3.8) is 0 Å². The highest BCUT2D eigenvalue weighted by Gasteiger charge is 2.10. The Morgan fingerprint density at radius 1 is 1.35 bits per heavy atom. The maximum absolute atomic E-state index is 10.7. The first kappa shape index (κ1) is 13.5. The van der Waals surface area contributed by atoms with Gasteiger partial charge in [0, 0.05) is 24.4 Å². The van der Waals surface area contributed by atoms with Crippen LogP contribution in [0.4, 0.5) is 11.4 Å². The van der Waals surface area contributed by atoms with Gasteiger partial charge in [0.15, 0.2) is 0 Å². The molecule has 4 nitrogen and oxygen atoms in total. The molecule has 94 valence electrons. The van der Waals surface area contributed by atoms with Crippen molar-refractivity contribution in [2.75, 3.05) is 11.9 Å². The van der Waals surface area contributed by atoms with Crippen LogP contribution in [0, 0.1) is 28.9 Å². The topological polar surface area (TPSA) is 55.2 Å². The van der Waals surface area contributed by atoms with Gasteiger partial charge in [0.25, 0.3) is 5.69 Å². The normalized spacial score (nSPS) is 12.5. The predicted molar refractivity (Wildman–Crippen MR) is 70.3 cm³/mol. The highest BCUT2D eigenvalue weighted by atomic mass is 16.6. The lowest BCUT2D eigenvalue weighted by Gasteiger charge is -2.17. The van der Waals surface area contributed by atoms with E-state index in [1.54, 1.807) is 12.1 Å². The summed E-state index contributed by atoms with van der Waals surface area (Å²) in [4.78, 5) is 10.3. The molecule has 1 atom stereocenters. The molecular formula is C13H20N2O2. The molecule has 0 saturated heterocycles. The van der Waals surface area contributed by atoms with E-state index in [9.17, 15) is 10.1 Å². The van der Waals surface area contributed by atoms with Gasteiger partial charge in [-0.05, 0) is 24.3 Å². The van der Waals surface area contributed by atoms with Crippen LogP contribution in [0.2, 0.25) is 0 Å². The zero-order valence-electron chi connectivity index (χ0n) is 10.9. The van der Waals surface area contributed by atoms with Gasteiger partial charge in [0.05, 0.1) is 4.92 Å². The van der Waals surface area contributed by atoms with Crippen LogP contribution in [0.1, 0.15) is 26.3 Å². The maximum atomic E-state index is 10.7. The number of benzene rings is 1. The fourth-order valence-corrected chi connectivity index (χ4v) is 1.42. The summed E-state index contributed by atoms with van der Waals surface area (Å²) in [6.07, 6.45) is 0. The minimum atomic E-state index is -0.365. The van der Waals surface area contributed by atoms with Gasteiger partial charge in [-0.1, -0.05) is 26.8 Å². The summed E-state index contributed by atoms with van der Waals surface area (Å²) < 4.78 is 0. The SMILES string of the molecule is Cc1ccc([N+](=O)[O-])cc1NCC(C)C(C)C. The Hall–Kier alpha value is -1.58. The lowest BCUT2D eigenvalue weighted by atomic mass is 9.98. The number of anilines is 1. The Morgan fingerprint density at radius 3 is 2.53 bits per heavy atom. The molecule has 0 amide bonds. The number of hydrogen-bond acceptors (Lipinski definition) is 3. The number of nitrogens with zero attached hydrogens (tertiary/aromatic N) is 1. The van der Waals surface area contributed by atoms with E-state index in [-0.39, 0.29) is 10.6 Å². The van der Waals surface area contributed by atoms with Crippen LogP contribution in [0.15, 0.2) is 18.2 Å². The summed E-state index contributed by atoms with van der Waals surface area (Å²) in [5.41, 5.74) is 2.02. The molecule has 0 saturated carbocycles. The van der Waals surface area contributed by atoms with Crippen molar-refractivity contribution in [2.24, 2.45) is 11.8 Å². The van der Waals surface area contributed by atoms with Crippen molar-refractivity contribution in [2.45, 2.75) is 27.7 Å². The molecule has 0 aromatic heterocycles. The molecule has 0 spiro atoms. The molecule has 1 aromatic carbocycles. The maximum Gasteiger partial charge on any atom is 0.271 e. The second-order valence-electron chi connectivity index (χ2n) is 4.86. The van der Waals surface area contributed by atoms with E-state index >= 15 is 0 Å². The van der Waals surface area contributed by atoms with Crippen LogP contribution in [-0.4, -0.2) is 11.5 Å². The van der Waals surface area contributed by atoms with Crippen LogP contribution >= 0.6 is 0 Å². The van der Waals surface area contributed by atoms with Crippen LogP contribution in [0.5, 0.6) is 0 Å². The molecule has 0 bridgehead atoms. The highest BCUT2D eigenvalue weighted by molar-refractivity contribution is 5.56. The lowest BCUT2D eigenvalue weighted by Crippen LogP contribution is -2.16. The predicted octanol–water partition coefficient (Wildman–Crippen LogP) is 3.61. The lowest BCUT2D eigenvalue weighted by molar-refractivity contribution is -0.384. The molecule has 0 aliphatic carbocycles. The van der Waals surface area contributed by atoms with Gasteiger partial charge in [0.2, 0.25) is 0 Å². The molecule has 0 aliphatic heterocycles. The Labute approximate surface area is 102 Å². The first-order valence-corrected chi connectivity index (χ1v) is 5.90. The van der Waals surface area contributed by atoms with Crippen molar-refractivity contribution < 1.29 is 4.92 Å². The van der Waals surface area contributed by atoms with Crippen LogP contribution in [0.3, 0.4) is 0 Å². The van der Waals surface area contributed by atoms with E-state index in [1.807, 2.05) is 6.92 Å². The van der Waals surface area contributed by atoms with Gasteiger partial charge in [-0.3, -0.25) is 10.1 Å². The van der Waals surface area contributed by atoms with Gasteiger partial charge in [-0.2, -0.15) is 0 Å². The Bertz CT molecular complexity index is 402. The van der Waals surface area contributed by atoms with Crippen LogP contribution in [-0.2, 0) is 0 Å². The number of hydrogen-bond donors (Lipinski definition) is 1. The highest BCUT2D eigenvalue weighted by Crippen LogP contribution is 2.22. The smallest absolute Gasteiger partial charge is 0.271 e. The fourth-order valence-electron chi connectivity index (χ4n) is 1.42. The molecule has 0 radical (unpaired) electrons. The van der Waals surface area contributed by atoms with Gasteiger partial charge in [-0.25, -0.2) is 0 Å². The zero-order chi connectivity index (χ0) is 13.0. The average Bonchev–Trinajstić information content (AvgIpc) is 2.26. The second-order valence-corrected chi connectivity index (χ2v) is 4.86. The minimum Gasteiger partial charge on any atom is -0.384 e. The van der Waals surface area contributed by atoms with Crippen molar-refractivity contribution in [3.05, 3.63) is 33.9 Å². The third-order valence-electron chi connectivity index (χ3n) is 3.18. The van der Waals surface area contributed by atoms with Gasteiger partial charge >= 0.3 is 0 Å². The average molecular weight is 236 g/mol. The van der Waals surface area contributed by atoms with E-state index in [2.05, 4.69) is 26.1 Å². The molecular weight excluding hydrogens is 216 g/mol. The largest absolute Gasteiger partial charge is 0.384 e. The molecule has 1 N–H and O–H groups in total. The number of aryl methyl sites for hydroxylation is 1. The second kappa shape index (κ2) is 5.66. The number of nitro groups is 1. The third kappa shape index (κ3) is 3.73. The van der Waals surface area contributed by atoms with Crippen LogP contribution in [0.25, 0.3) is 0 Å². The van der Waals surface area contributed by atoms with Gasteiger partial charge in [0.1, 0.15) is 0 Å². The molecule has 4 heteroatoms. The van der Waals surface area contributed by atoms with E-state index in [0.717, 1.165) is 17.8 Å². The molecule has 0 aliphatic rings. The molecule has 0 heterocycles. The number of rotatable bonds is 5. The molecule has 17 heavy (non-hydrogen) atoms. The number of non-ortho nitro benzene ring substituents is 1. The van der Waals surface area contributed by atoms with E-state index in [0.29, 0.717) is 11.8 Å². The Kier molecular flexibility index (Phi) is 4.49. The van der Waals surface area contributed by atoms with Crippen LogP contribution < -0.4 is 5.32 Å².